The first-order valence-electron chi connectivity index (χ1n) is 3.08. The predicted molar refractivity (Wildman–Crippen MR) is 39.7 cm³/mol. The van der Waals surface area contributed by atoms with Gasteiger partial charge in [0, 0.05) is 5.41 Å². The van der Waals surface area contributed by atoms with E-state index in [1.165, 1.54) is 20.8 Å². The third-order valence-electron chi connectivity index (χ3n) is 1.42. The molecule has 0 amide bonds. The van der Waals surface area contributed by atoms with Crippen LogP contribution >= 0.6 is 0 Å². The van der Waals surface area contributed by atoms with E-state index in [2.05, 4.69) is 4.89 Å². The van der Waals surface area contributed by atoms with Crippen LogP contribution in [-0.4, -0.2) is 28.5 Å². The maximum absolute atomic E-state index is 10.6. The average molecular weight is 200 g/mol. The Hall–Kier alpha value is -0.210. The summed E-state index contributed by atoms with van der Waals surface area (Å²) in [6.45, 7) is 3.82. The summed E-state index contributed by atoms with van der Waals surface area (Å²) in [5, 5.41) is 14.4. The molecule has 3 N–H and O–H groups in total. The molecule has 12 heavy (non-hydrogen) atoms. The van der Waals surface area contributed by atoms with Gasteiger partial charge in [0.15, 0.2) is 0 Å². The topological polar surface area (TPSA) is 104 Å². The minimum atomic E-state index is -4.89. The van der Waals surface area contributed by atoms with Crippen molar-refractivity contribution in [3.63, 3.8) is 0 Å². The number of hydrogen-bond acceptors (Lipinski definition) is 5. The molecule has 0 aliphatic rings. The van der Waals surface area contributed by atoms with Gasteiger partial charge in [0.1, 0.15) is 0 Å². The van der Waals surface area contributed by atoms with Gasteiger partial charge in [-0.1, -0.05) is 20.8 Å². The number of aliphatic hydroxyl groups is 1. The lowest BCUT2D eigenvalue weighted by molar-refractivity contribution is -0.383. The third-order valence-corrected chi connectivity index (χ3v) is 2.81. The molecule has 1 atom stereocenters. The molecule has 7 heteroatoms. The second-order valence-electron chi connectivity index (χ2n) is 3.40. The molecular weight excluding hydrogens is 188 g/mol. The lowest BCUT2D eigenvalue weighted by Gasteiger charge is -2.32. The Morgan fingerprint density at radius 1 is 1.25 bits per heavy atom. The zero-order valence-corrected chi connectivity index (χ0v) is 7.79. The highest BCUT2D eigenvalue weighted by atomic mass is 32.2. The summed E-state index contributed by atoms with van der Waals surface area (Å²) in [5.74, 6) is 0. The summed E-state index contributed by atoms with van der Waals surface area (Å²) in [4.78, 5) is 3.38. The third kappa shape index (κ3) is 1.75. The van der Waals surface area contributed by atoms with E-state index in [-0.39, 0.29) is 0 Å². The molecule has 6 nitrogen and oxygen atoms in total. The summed E-state index contributed by atoms with van der Waals surface area (Å²) in [6.07, 6.45) is 0. The monoisotopic (exact) mass is 200 g/mol. The number of rotatable bonds is 2. The fourth-order valence-electron chi connectivity index (χ4n) is 0.571. The lowest BCUT2D eigenvalue weighted by atomic mass is 9.96. The van der Waals surface area contributed by atoms with Gasteiger partial charge in [-0.15, -0.1) is 0 Å². The molecule has 0 radical (unpaired) electrons. The molecule has 0 aliphatic carbocycles. The first-order valence-corrected chi connectivity index (χ1v) is 4.52. The first-order chi connectivity index (χ1) is 5.06. The molecule has 0 aromatic carbocycles. The Bertz CT molecular complexity index is 250. The van der Waals surface area contributed by atoms with Crippen molar-refractivity contribution in [3.05, 3.63) is 0 Å². The van der Waals surface area contributed by atoms with Gasteiger partial charge in [-0.25, -0.2) is 5.26 Å². The largest absolute Gasteiger partial charge is 0.349 e. The van der Waals surface area contributed by atoms with Crippen LogP contribution in [0.5, 0.6) is 0 Å². The van der Waals surface area contributed by atoms with Crippen LogP contribution in [0.3, 0.4) is 0 Å². The van der Waals surface area contributed by atoms with Gasteiger partial charge in [0.2, 0.25) is 0 Å². The van der Waals surface area contributed by atoms with Crippen molar-refractivity contribution in [1.29, 1.82) is 0 Å². The molecule has 0 rings (SSSR count). The van der Waals surface area contributed by atoms with Crippen molar-refractivity contribution in [1.82, 2.24) is 0 Å². The summed E-state index contributed by atoms with van der Waals surface area (Å²) >= 11 is 0. The van der Waals surface area contributed by atoms with Crippen molar-refractivity contribution >= 4 is 10.1 Å². The summed E-state index contributed by atoms with van der Waals surface area (Å²) in [6, 6.07) is 0. The fraction of sp³-hybridized carbons (Fsp3) is 1.00. The van der Waals surface area contributed by atoms with Gasteiger partial charge < -0.3 is 5.11 Å². The van der Waals surface area contributed by atoms with Crippen molar-refractivity contribution in [2.45, 2.75) is 25.9 Å². The minimum absolute atomic E-state index is 1.27. The zero-order valence-electron chi connectivity index (χ0n) is 6.97. The van der Waals surface area contributed by atoms with Gasteiger partial charge in [-0.2, -0.15) is 13.3 Å². The second-order valence-corrected chi connectivity index (χ2v) is 4.90. The van der Waals surface area contributed by atoms with E-state index < -0.39 is 20.7 Å². The molecule has 74 valence electrons. The van der Waals surface area contributed by atoms with Crippen molar-refractivity contribution < 1.29 is 28.2 Å². The molecule has 0 bridgehead atoms. The minimum Gasteiger partial charge on any atom is -0.349 e. The van der Waals surface area contributed by atoms with E-state index in [9.17, 15) is 13.5 Å². The van der Waals surface area contributed by atoms with Crippen LogP contribution in [0.1, 0.15) is 20.8 Å². The van der Waals surface area contributed by atoms with Crippen LogP contribution in [0, 0.1) is 5.41 Å². The quantitative estimate of drug-likeness (QED) is 0.252. The number of hydrogen-bond donors (Lipinski definition) is 3. The van der Waals surface area contributed by atoms with Crippen LogP contribution in [0.2, 0.25) is 0 Å². The van der Waals surface area contributed by atoms with Crippen LogP contribution in [0.25, 0.3) is 0 Å². The normalized spacial score (nSPS) is 18.8. The molecule has 1 unspecified atom stereocenters. The van der Waals surface area contributed by atoms with Crippen LogP contribution in [-0.2, 0) is 15.0 Å². The molecule has 0 fully saturated rings. The standard InChI is InChI=1S/C5H12O6S/c1-4(2,3)5(6,11-7)12(8,9)10/h6-7H,1-3H3,(H,8,9,10). The zero-order chi connectivity index (χ0) is 10.2. The summed E-state index contributed by atoms with van der Waals surface area (Å²) in [7, 11) is -4.89. The van der Waals surface area contributed by atoms with Gasteiger partial charge in [0.25, 0.3) is 0 Å². The van der Waals surface area contributed by atoms with Crippen molar-refractivity contribution in [2.24, 2.45) is 5.41 Å². The molecule has 0 saturated heterocycles. The van der Waals surface area contributed by atoms with E-state index >= 15 is 0 Å². The Kier molecular flexibility index (Phi) is 2.88. The predicted octanol–water partition coefficient (Wildman–Crippen LogP) is 0.0560. The Labute approximate surface area is 70.5 Å². The maximum atomic E-state index is 10.6. The van der Waals surface area contributed by atoms with Crippen LogP contribution in [0.15, 0.2) is 0 Å². The highest BCUT2D eigenvalue weighted by Crippen LogP contribution is 2.34. The highest BCUT2D eigenvalue weighted by molar-refractivity contribution is 7.86. The second kappa shape index (κ2) is 2.93. The lowest BCUT2D eigenvalue weighted by Crippen LogP contribution is -2.51. The molecule has 0 aromatic heterocycles. The van der Waals surface area contributed by atoms with E-state index in [4.69, 9.17) is 9.81 Å². The Balaban J connectivity index is 5.25. The highest BCUT2D eigenvalue weighted by Gasteiger charge is 2.53. The summed E-state index contributed by atoms with van der Waals surface area (Å²) in [5.41, 5.74) is -1.37. The van der Waals surface area contributed by atoms with Crippen molar-refractivity contribution in [2.75, 3.05) is 0 Å². The van der Waals surface area contributed by atoms with E-state index in [1.54, 1.807) is 0 Å². The van der Waals surface area contributed by atoms with Crippen LogP contribution in [0.4, 0.5) is 0 Å². The van der Waals surface area contributed by atoms with E-state index in [0.717, 1.165) is 0 Å². The Morgan fingerprint density at radius 2 is 1.58 bits per heavy atom. The summed E-state index contributed by atoms with van der Waals surface area (Å²) < 4.78 is 29.6. The SMILES string of the molecule is CC(C)(C)C(O)(OO)S(=O)(=O)O. The fourth-order valence-corrected chi connectivity index (χ4v) is 1.44. The van der Waals surface area contributed by atoms with Gasteiger partial charge in [-0.3, -0.25) is 4.55 Å². The average Bonchev–Trinajstić information content (AvgIpc) is 1.81. The molecule has 0 aromatic rings. The maximum Gasteiger partial charge on any atom is 0.330 e. The van der Waals surface area contributed by atoms with Gasteiger partial charge in [0.05, 0.1) is 0 Å². The molecular formula is C5H12O6S. The molecule has 0 spiro atoms. The van der Waals surface area contributed by atoms with Gasteiger partial charge >= 0.3 is 15.2 Å². The van der Waals surface area contributed by atoms with Crippen molar-refractivity contribution in [3.8, 4) is 0 Å². The first kappa shape index (κ1) is 11.8. The van der Waals surface area contributed by atoms with E-state index in [0.29, 0.717) is 0 Å². The van der Waals surface area contributed by atoms with Gasteiger partial charge in [-0.05, 0) is 0 Å². The van der Waals surface area contributed by atoms with E-state index in [1.807, 2.05) is 0 Å². The molecule has 0 heterocycles. The molecule has 0 saturated carbocycles. The Morgan fingerprint density at radius 3 is 1.58 bits per heavy atom. The smallest absolute Gasteiger partial charge is 0.330 e. The molecule has 0 aliphatic heterocycles. The van der Waals surface area contributed by atoms with Crippen LogP contribution < -0.4 is 0 Å².